The second kappa shape index (κ2) is 5.86. The smallest absolute Gasteiger partial charge is 0.255 e. The van der Waals surface area contributed by atoms with Gasteiger partial charge in [-0.1, -0.05) is 12.1 Å². The van der Waals surface area contributed by atoms with E-state index in [0.717, 1.165) is 11.3 Å². The van der Waals surface area contributed by atoms with Crippen molar-refractivity contribution in [1.82, 2.24) is 10.3 Å². The van der Waals surface area contributed by atoms with Gasteiger partial charge in [-0.15, -0.1) is 0 Å². The maximum atomic E-state index is 11.8. The fraction of sp³-hybridized carbons (Fsp3) is 0.143. The largest absolute Gasteiger partial charge is 0.505 e. The summed E-state index contributed by atoms with van der Waals surface area (Å²) in [6.07, 6.45) is 3.42. The lowest BCUT2D eigenvalue weighted by Crippen LogP contribution is -2.25. The van der Waals surface area contributed by atoms with Gasteiger partial charge in [0, 0.05) is 18.4 Å². The van der Waals surface area contributed by atoms with Crippen LogP contribution in [0.15, 0.2) is 42.7 Å². The molecule has 5 nitrogen and oxygen atoms in total. The lowest BCUT2D eigenvalue weighted by molar-refractivity contribution is 0.0951. The molecule has 19 heavy (non-hydrogen) atoms. The Morgan fingerprint density at radius 3 is 2.68 bits per heavy atom. The van der Waals surface area contributed by atoms with E-state index in [1.807, 2.05) is 24.3 Å². The number of amides is 1. The molecule has 4 N–H and O–H groups in total. The second-order valence-corrected chi connectivity index (χ2v) is 4.14. The highest BCUT2D eigenvalue weighted by Crippen LogP contribution is 2.13. The van der Waals surface area contributed by atoms with Crippen molar-refractivity contribution in [2.24, 2.45) is 0 Å². The van der Waals surface area contributed by atoms with Crippen molar-refractivity contribution in [1.29, 1.82) is 0 Å². The first-order valence-electron chi connectivity index (χ1n) is 5.92. The summed E-state index contributed by atoms with van der Waals surface area (Å²) in [6, 6.07) is 8.97. The van der Waals surface area contributed by atoms with Crippen LogP contribution >= 0.6 is 0 Å². The first-order valence-corrected chi connectivity index (χ1v) is 5.92. The molecule has 5 heteroatoms. The molecule has 0 saturated carbocycles. The van der Waals surface area contributed by atoms with Gasteiger partial charge in [-0.25, -0.2) is 0 Å². The van der Waals surface area contributed by atoms with Crippen LogP contribution in [0.4, 0.5) is 5.69 Å². The number of nitrogens with one attached hydrogen (secondary N) is 1. The number of rotatable bonds is 4. The molecule has 1 aromatic heterocycles. The summed E-state index contributed by atoms with van der Waals surface area (Å²) in [5, 5.41) is 12.2. The number of aromatic hydroxyl groups is 1. The van der Waals surface area contributed by atoms with Crippen molar-refractivity contribution in [3.8, 4) is 5.75 Å². The van der Waals surface area contributed by atoms with Crippen LogP contribution in [0.3, 0.4) is 0 Å². The van der Waals surface area contributed by atoms with E-state index in [0.29, 0.717) is 13.0 Å². The minimum atomic E-state index is -0.310. The zero-order chi connectivity index (χ0) is 13.7. The number of hydrogen-bond donors (Lipinski definition) is 3. The molecule has 2 aromatic rings. The van der Waals surface area contributed by atoms with Crippen LogP contribution in [0.2, 0.25) is 0 Å². The van der Waals surface area contributed by atoms with E-state index in [-0.39, 0.29) is 17.2 Å². The molecule has 0 unspecified atom stereocenters. The Morgan fingerprint density at radius 2 is 2.00 bits per heavy atom. The molecular formula is C14H15N3O2. The van der Waals surface area contributed by atoms with Crippen LogP contribution in [0.5, 0.6) is 5.75 Å². The highest BCUT2D eigenvalue weighted by atomic mass is 16.3. The Hall–Kier alpha value is -2.56. The second-order valence-electron chi connectivity index (χ2n) is 4.14. The number of benzene rings is 1. The molecule has 0 aliphatic rings. The SMILES string of the molecule is Nc1ccc(CCNC(=O)c2ccncc2O)cc1. The fourth-order valence-electron chi connectivity index (χ4n) is 1.68. The highest BCUT2D eigenvalue weighted by molar-refractivity contribution is 5.96. The molecule has 0 atom stereocenters. The predicted molar refractivity (Wildman–Crippen MR) is 72.8 cm³/mol. The summed E-state index contributed by atoms with van der Waals surface area (Å²) in [5.74, 6) is -0.428. The Labute approximate surface area is 111 Å². The van der Waals surface area contributed by atoms with E-state index < -0.39 is 0 Å². The van der Waals surface area contributed by atoms with E-state index in [2.05, 4.69) is 10.3 Å². The highest BCUT2D eigenvalue weighted by Gasteiger charge is 2.09. The van der Waals surface area contributed by atoms with Crippen molar-refractivity contribution >= 4 is 11.6 Å². The number of carbonyl (C=O) groups excluding carboxylic acids is 1. The summed E-state index contributed by atoms with van der Waals surface area (Å²) in [5.41, 5.74) is 7.63. The van der Waals surface area contributed by atoms with Gasteiger partial charge in [-0.3, -0.25) is 9.78 Å². The van der Waals surface area contributed by atoms with Crippen molar-refractivity contribution in [3.63, 3.8) is 0 Å². The van der Waals surface area contributed by atoms with E-state index in [1.54, 1.807) is 0 Å². The van der Waals surface area contributed by atoms with Crippen LogP contribution in [-0.4, -0.2) is 22.5 Å². The van der Waals surface area contributed by atoms with E-state index >= 15 is 0 Å². The quantitative estimate of drug-likeness (QED) is 0.721. The van der Waals surface area contributed by atoms with Gasteiger partial charge in [0.25, 0.3) is 5.91 Å². The number of anilines is 1. The van der Waals surface area contributed by atoms with Gasteiger partial charge < -0.3 is 16.2 Å². The Kier molecular flexibility index (Phi) is 3.97. The Morgan fingerprint density at radius 1 is 1.26 bits per heavy atom. The molecule has 0 fully saturated rings. The third kappa shape index (κ3) is 3.45. The molecule has 1 heterocycles. The molecule has 0 aliphatic heterocycles. The molecular weight excluding hydrogens is 242 g/mol. The van der Waals surface area contributed by atoms with E-state index in [9.17, 15) is 9.90 Å². The number of nitrogens with two attached hydrogens (primary N) is 1. The van der Waals surface area contributed by atoms with Gasteiger partial charge in [-0.05, 0) is 30.2 Å². The molecule has 2 rings (SSSR count). The zero-order valence-electron chi connectivity index (χ0n) is 10.3. The van der Waals surface area contributed by atoms with Gasteiger partial charge in [0.2, 0.25) is 0 Å². The summed E-state index contributed by atoms with van der Waals surface area (Å²) in [6.45, 7) is 0.491. The van der Waals surface area contributed by atoms with E-state index in [4.69, 9.17) is 5.73 Å². The summed E-state index contributed by atoms with van der Waals surface area (Å²) < 4.78 is 0. The molecule has 0 radical (unpaired) electrons. The average Bonchev–Trinajstić information content (AvgIpc) is 2.41. The summed E-state index contributed by atoms with van der Waals surface area (Å²) in [4.78, 5) is 15.5. The van der Waals surface area contributed by atoms with Gasteiger partial charge in [0.05, 0.1) is 11.8 Å². The average molecular weight is 257 g/mol. The minimum Gasteiger partial charge on any atom is -0.505 e. The number of nitrogens with zero attached hydrogens (tertiary/aromatic N) is 1. The first-order chi connectivity index (χ1) is 9.16. The fourth-order valence-corrected chi connectivity index (χ4v) is 1.68. The lowest BCUT2D eigenvalue weighted by atomic mass is 10.1. The Balaban J connectivity index is 1.88. The van der Waals surface area contributed by atoms with Crippen LogP contribution < -0.4 is 11.1 Å². The third-order valence-corrected chi connectivity index (χ3v) is 2.72. The van der Waals surface area contributed by atoms with Crippen LogP contribution in [0.25, 0.3) is 0 Å². The number of nitrogen functional groups attached to an aromatic ring is 1. The zero-order valence-corrected chi connectivity index (χ0v) is 10.3. The predicted octanol–water partition coefficient (Wildman–Crippen LogP) is 1.34. The van der Waals surface area contributed by atoms with E-state index in [1.165, 1.54) is 18.5 Å². The summed E-state index contributed by atoms with van der Waals surface area (Å²) >= 11 is 0. The molecule has 98 valence electrons. The van der Waals surface area contributed by atoms with Crippen LogP contribution in [0, 0.1) is 0 Å². The van der Waals surface area contributed by atoms with Crippen molar-refractivity contribution < 1.29 is 9.90 Å². The van der Waals surface area contributed by atoms with Crippen molar-refractivity contribution in [2.45, 2.75) is 6.42 Å². The molecule has 1 aromatic carbocycles. The molecule has 0 spiro atoms. The van der Waals surface area contributed by atoms with Gasteiger partial charge in [-0.2, -0.15) is 0 Å². The molecule has 1 amide bonds. The van der Waals surface area contributed by atoms with Crippen LogP contribution in [0.1, 0.15) is 15.9 Å². The number of pyridine rings is 1. The number of carbonyl (C=O) groups is 1. The molecule has 0 aliphatic carbocycles. The molecule has 0 saturated heterocycles. The lowest BCUT2D eigenvalue weighted by Gasteiger charge is -2.06. The standard InChI is InChI=1S/C14H15N3O2/c15-11-3-1-10(2-4-11)5-8-17-14(19)12-6-7-16-9-13(12)18/h1-4,6-7,9,18H,5,8,15H2,(H,17,19). The maximum absolute atomic E-state index is 11.8. The topological polar surface area (TPSA) is 88.2 Å². The van der Waals surface area contributed by atoms with Crippen molar-refractivity contribution in [3.05, 3.63) is 53.9 Å². The maximum Gasteiger partial charge on any atom is 0.255 e. The first kappa shape index (κ1) is 12.9. The van der Waals surface area contributed by atoms with Gasteiger partial charge >= 0.3 is 0 Å². The van der Waals surface area contributed by atoms with Crippen molar-refractivity contribution in [2.75, 3.05) is 12.3 Å². The Bertz CT molecular complexity index is 567. The monoisotopic (exact) mass is 257 g/mol. The van der Waals surface area contributed by atoms with Gasteiger partial charge in [0.1, 0.15) is 5.75 Å². The third-order valence-electron chi connectivity index (χ3n) is 2.72. The minimum absolute atomic E-state index is 0.118. The number of hydrogen-bond acceptors (Lipinski definition) is 4. The van der Waals surface area contributed by atoms with Gasteiger partial charge in [0.15, 0.2) is 0 Å². The summed E-state index contributed by atoms with van der Waals surface area (Å²) in [7, 11) is 0. The molecule has 0 bridgehead atoms. The number of aromatic nitrogens is 1. The van der Waals surface area contributed by atoms with Crippen LogP contribution in [-0.2, 0) is 6.42 Å². The normalized spacial score (nSPS) is 10.1.